The Balaban J connectivity index is 1.40. The zero-order valence-corrected chi connectivity index (χ0v) is 18.5. The molecule has 0 unspecified atom stereocenters. The Bertz CT molecular complexity index is 1400. The number of oxime groups is 1. The monoisotopic (exact) mass is 475 g/mol. The summed E-state index contributed by atoms with van der Waals surface area (Å²) in [6.45, 7) is 4.10. The maximum absolute atomic E-state index is 5.49. The number of hydrogen-bond acceptors (Lipinski definition) is 6. The van der Waals surface area contributed by atoms with Gasteiger partial charge in [0.25, 0.3) is 0 Å². The second-order valence-corrected chi connectivity index (χ2v) is 8.04. The molecular formula is C22H18BrN7O. The largest absolute Gasteiger partial charge is 0.387 e. The lowest BCUT2D eigenvalue weighted by molar-refractivity contribution is 0.125. The van der Waals surface area contributed by atoms with Crippen LogP contribution in [0.1, 0.15) is 23.9 Å². The van der Waals surface area contributed by atoms with Crippen LogP contribution in [0.25, 0.3) is 22.4 Å². The Kier molecular flexibility index (Phi) is 4.95. The van der Waals surface area contributed by atoms with Gasteiger partial charge in [0, 0.05) is 4.47 Å². The molecule has 3 aromatic heterocycles. The predicted molar refractivity (Wildman–Crippen MR) is 121 cm³/mol. The maximum Gasteiger partial charge on any atom is 0.192 e. The van der Waals surface area contributed by atoms with E-state index in [1.165, 1.54) is 5.56 Å². The highest BCUT2D eigenvalue weighted by Gasteiger charge is 2.14. The third-order valence-corrected chi connectivity index (χ3v) is 5.41. The average Bonchev–Trinajstić information content (AvgIpc) is 3.38. The zero-order valence-electron chi connectivity index (χ0n) is 16.9. The summed E-state index contributed by atoms with van der Waals surface area (Å²) in [5, 5.41) is 13.9. The first-order valence-electron chi connectivity index (χ1n) is 9.66. The van der Waals surface area contributed by atoms with Crippen molar-refractivity contribution in [2.75, 3.05) is 0 Å². The Morgan fingerprint density at radius 2 is 1.84 bits per heavy atom. The summed E-state index contributed by atoms with van der Waals surface area (Å²) in [7, 11) is 0. The minimum absolute atomic E-state index is 0.156. The molecule has 31 heavy (non-hydrogen) atoms. The van der Waals surface area contributed by atoms with E-state index in [1.807, 2.05) is 55.5 Å². The molecule has 5 aromatic rings. The molecule has 0 aliphatic carbocycles. The van der Waals surface area contributed by atoms with E-state index in [0.717, 1.165) is 32.5 Å². The van der Waals surface area contributed by atoms with Crippen LogP contribution in [0, 0.1) is 6.92 Å². The Morgan fingerprint density at radius 3 is 2.61 bits per heavy atom. The predicted octanol–water partition coefficient (Wildman–Crippen LogP) is 4.47. The van der Waals surface area contributed by atoms with Gasteiger partial charge in [-0.1, -0.05) is 50.9 Å². The Hall–Kier alpha value is -3.59. The van der Waals surface area contributed by atoms with Crippen LogP contribution in [-0.2, 0) is 11.4 Å². The summed E-state index contributed by atoms with van der Waals surface area (Å²) in [6, 6.07) is 16.0. The number of benzene rings is 2. The maximum atomic E-state index is 5.49. The first-order chi connectivity index (χ1) is 15.1. The molecule has 0 atom stereocenters. The minimum atomic E-state index is 0.156. The second kappa shape index (κ2) is 7.92. The molecule has 0 saturated heterocycles. The highest BCUT2D eigenvalue weighted by atomic mass is 79.9. The van der Waals surface area contributed by atoms with Gasteiger partial charge in [-0.2, -0.15) is 5.10 Å². The lowest BCUT2D eigenvalue weighted by atomic mass is 10.1. The van der Waals surface area contributed by atoms with E-state index in [2.05, 4.69) is 48.2 Å². The fourth-order valence-electron chi connectivity index (χ4n) is 3.23. The van der Waals surface area contributed by atoms with Crippen LogP contribution >= 0.6 is 15.9 Å². The number of aromatic nitrogens is 6. The molecule has 0 aliphatic rings. The normalized spacial score (nSPS) is 12.0. The molecule has 0 spiro atoms. The van der Waals surface area contributed by atoms with Crippen LogP contribution in [-0.4, -0.2) is 35.1 Å². The van der Waals surface area contributed by atoms with Gasteiger partial charge in [0.1, 0.15) is 6.33 Å². The molecule has 0 bridgehead atoms. The molecule has 0 saturated carbocycles. The second-order valence-electron chi connectivity index (χ2n) is 7.13. The molecule has 2 aromatic carbocycles. The topological polar surface area (TPSA) is 82.5 Å². The van der Waals surface area contributed by atoms with Crippen molar-refractivity contribution in [2.24, 2.45) is 5.16 Å². The molecule has 5 rings (SSSR count). The van der Waals surface area contributed by atoms with Gasteiger partial charge < -0.3 is 4.84 Å². The van der Waals surface area contributed by atoms with E-state index in [4.69, 9.17) is 4.84 Å². The summed E-state index contributed by atoms with van der Waals surface area (Å²) in [5.74, 6) is 0.518. The smallest absolute Gasteiger partial charge is 0.192 e. The molecule has 8 nitrogen and oxygen atoms in total. The van der Waals surface area contributed by atoms with Gasteiger partial charge in [-0.25, -0.2) is 19.2 Å². The number of halogens is 1. The average molecular weight is 476 g/mol. The highest BCUT2D eigenvalue weighted by Crippen LogP contribution is 2.20. The molecular weight excluding hydrogens is 458 g/mol. The summed E-state index contributed by atoms with van der Waals surface area (Å²) in [6.07, 6.45) is 3.39. The van der Waals surface area contributed by atoms with Crippen molar-refractivity contribution in [2.45, 2.75) is 20.5 Å². The molecule has 3 heterocycles. The SMILES string of the molecule is CC(=NOCc1nc2c3cnn(-c4ccc(C)cc4)c3ncn2n1)c1ccc(Br)cc1. The Labute approximate surface area is 186 Å². The fourth-order valence-corrected chi connectivity index (χ4v) is 3.50. The molecule has 9 heteroatoms. The van der Waals surface area contributed by atoms with Crippen molar-refractivity contribution < 1.29 is 4.84 Å². The number of nitrogens with zero attached hydrogens (tertiary/aromatic N) is 7. The van der Waals surface area contributed by atoms with E-state index in [0.29, 0.717) is 11.5 Å². The van der Waals surface area contributed by atoms with Crippen molar-refractivity contribution in [3.05, 3.63) is 82.5 Å². The standard InChI is InChI=1S/C22H18BrN7O/c1-14-3-9-18(10-4-14)30-21-19(11-25-30)22-26-20(27-29(22)13-24-21)12-31-28-15(2)16-5-7-17(23)8-6-16/h3-11,13H,12H2,1-2H3. The van der Waals surface area contributed by atoms with Gasteiger partial charge in [-0.3, -0.25) is 0 Å². The molecule has 0 radical (unpaired) electrons. The van der Waals surface area contributed by atoms with E-state index < -0.39 is 0 Å². The lowest BCUT2D eigenvalue weighted by Gasteiger charge is -2.03. The van der Waals surface area contributed by atoms with Crippen LogP contribution in [0.4, 0.5) is 0 Å². The van der Waals surface area contributed by atoms with E-state index >= 15 is 0 Å². The fraction of sp³-hybridized carbons (Fsp3) is 0.136. The van der Waals surface area contributed by atoms with Crippen LogP contribution in [0.3, 0.4) is 0 Å². The van der Waals surface area contributed by atoms with Crippen molar-refractivity contribution in [1.29, 1.82) is 0 Å². The van der Waals surface area contributed by atoms with Gasteiger partial charge in [-0.05, 0) is 43.7 Å². The van der Waals surface area contributed by atoms with Crippen LogP contribution in [0.2, 0.25) is 0 Å². The van der Waals surface area contributed by atoms with Crippen molar-refractivity contribution in [3.63, 3.8) is 0 Å². The molecule has 0 amide bonds. The minimum Gasteiger partial charge on any atom is -0.387 e. The highest BCUT2D eigenvalue weighted by molar-refractivity contribution is 9.10. The number of rotatable bonds is 5. The van der Waals surface area contributed by atoms with Crippen LogP contribution < -0.4 is 0 Å². The first-order valence-corrected chi connectivity index (χ1v) is 10.5. The zero-order chi connectivity index (χ0) is 21.4. The summed E-state index contributed by atoms with van der Waals surface area (Å²) in [5.41, 5.74) is 5.30. The quantitative estimate of drug-likeness (QED) is 0.276. The number of fused-ring (bicyclic) bond motifs is 3. The van der Waals surface area contributed by atoms with E-state index in [-0.39, 0.29) is 6.61 Å². The van der Waals surface area contributed by atoms with Gasteiger partial charge in [0.2, 0.25) is 0 Å². The molecule has 0 fully saturated rings. The van der Waals surface area contributed by atoms with E-state index in [1.54, 1.807) is 21.7 Å². The van der Waals surface area contributed by atoms with Gasteiger partial charge in [-0.15, -0.1) is 5.10 Å². The third-order valence-electron chi connectivity index (χ3n) is 4.88. The van der Waals surface area contributed by atoms with Gasteiger partial charge >= 0.3 is 0 Å². The first kappa shape index (κ1) is 19.4. The van der Waals surface area contributed by atoms with Crippen LogP contribution in [0.15, 0.2) is 70.7 Å². The van der Waals surface area contributed by atoms with Crippen molar-refractivity contribution >= 4 is 38.3 Å². The van der Waals surface area contributed by atoms with E-state index in [9.17, 15) is 0 Å². The summed E-state index contributed by atoms with van der Waals surface area (Å²) >= 11 is 3.43. The lowest BCUT2D eigenvalue weighted by Crippen LogP contribution is -1.99. The van der Waals surface area contributed by atoms with Crippen LogP contribution in [0.5, 0.6) is 0 Å². The molecule has 154 valence electrons. The Morgan fingerprint density at radius 1 is 1.06 bits per heavy atom. The molecule has 0 N–H and O–H groups in total. The van der Waals surface area contributed by atoms with Gasteiger partial charge in [0.15, 0.2) is 23.7 Å². The third kappa shape index (κ3) is 3.79. The number of aryl methyl sites for hydroxylation is 1. The van der Waals surface area contributed by atoms with Gasteiger partial charge in [0.05, 0.1) is 23.0 Å². The summed E-state index contributed by atoms with van der Waals surface area (Å²) in [4.78, 5) is 14.6. The number of hydrogen-bond donors (Lipinski definition) is 0. The van der Waals surface area contributed by atoms with Crippen molar-refractivity contribution in [3.8, 4) is 5.69 Å². The summed E-state index contributed by atoms with van der Waals surface area (Å²) < 4.78 is 4.45. The van der Waals surface area contributed by atoms with Crippen molar-refractivity contribution in [1.82, 2.24) is 29.4 Å². The molecule has 0 aliphatic heterocycles.